The average Bonchev–Trinajstić information content (AvgIpc) is 3.61. The van der Waals surface area contributed by atoms with Gasteiger partial charge in [0, 0.05) is 37.7 Å². The molecular weight excluding hydrogens is 831 g/mol. The van der Waals surface area contributed by atoms with E-state index in [-0.39, 0.29) is 35.3 Å². The zero-order valence-electron chi connectivity index (χ0n) is 36.0. The fourth-order valence-electron chi connectivity index (χ4n) is 10.8. The Morgan fingerprint density at radius 3 is 1.95 bits per heavy atom. The van der Waals surface area contributed by atoms with Crippen LogP contribution in [0.15, 0.2) is 102 Å². The summed E-state index contributed by atoms with van der Waals surface area (Å²) in [6, 6.07) is 22.7. The SMILES string of the molecule is CC(=O)O[C@H]1C(=O)[C@@]2(C)C(C(OC(=O)c3ccccc3)[C@]3(O)C[C@H](OC(=O)[C@@H]4OC(=O)N(C(=O)c5ccccc5)[C@H]4c4ccccc4)C(C)=C1C3(C)C)C1(OC(C)=O)COC1C[C@@H]2O. The quantitative estimate of drug-likeness (QED) is 0.179. The van der Waals surface area contributed by atoms with E-state index in [1.807, 2.05) is 0 Å². The lowest BCUT2D eigenvalue weighted by atomic mass is 9.44. The van der Waals surface area contributed by atoms with Crippen molar-refractivity contribution >= 4 is 41.7 Å². The number of hydrogen-bond acceptors (Lipinski definition) is 15. The minimum Gasteiger partial charge on any atom is -0.455 e. The first-order chi connectivity index (χ1) is 30.3. The molecule has 3 aliphatic carbocycles. The number of aliphatic hydroxyl groups is 2. The molecule has 8 rings (SSSR count). The van der Waals surface area contributed by atoms with Crippen molar-refractivity contribution in [1.29, 1.82) is 0 Å². The minimum atomic E-state index is -2.41. The van der Waals surface area contributed by atoms with Crippen molar-refractivity contribution in [2.75, 3.05) is 6.61 Å². The molecule has 0 spiro atoms. The molecule has 4 fully saturated rings. The third kappa shape index (κ3) is 6.81. The zero-order chi connectivity index (χ0) is 46.1. The summed E-state index contributed by atoms with van der Waals surface area (Å²) in [4.78, 5) is 99.1. The number of Topliss-reactive ketones (excluding diaryl/α,β-unsaturated/α-hetero) is 1. The second-order valence-electron chi connectivity index (χ2n) is 17.9. The Hall–Kier alpha value is -6.23. The number of benzene rings is 3. The number of cyclic esters (lactones) is 1. The molecule has 2 saturated carbocycles. The van der Waals surface area contributed by atoms with Crippen LogP contribution in [-0.4, -0.2) is 111 Å². The number of esters is 4. The van der Waals surface area contributed by atoms with Crippen molar-refractivity contribution in [3.05, 3.63) is 119 Å². The largest absolute Gasteiger partial charge is 0.455 e. The molecule has 16 heteroatoms. The van der Waals surface area contributed by atoms with Crippen molar-refractivity contribution in [2.24, 2.45) is 16.7 Å². The standard InChI is InChI=1S/C48H49NO15/c1-25-31(61-43(56)37-35(28-16-10-7-11-17-28)49(44(57)62-37)41(54)29-18-12-8-13-19-29)23-48(58)40(63-42(55)30-20-14-9-15-21-30)38-46(6,32(52)22-33-47(38,24-59-33)64-27(3)51)39(53)36(60-26(2)50)34(25)45(48,4)5/h7-21,31-33,35-38,40,52,58H,22-24H2,1-6H3/t31-,32-,33?,35-,36+,37+,38?,40?,46+,47?,48+/m0/s1. The zero-order valence-corrected chi connectivity index (χ0v) is 36.0. The van der Waals surface area contributed by atoms with E-state index >= 15 is 4.79 Å². The second-order valence-corrected chi connectivity index (χ2v) is 17.9. The lowest BCUT2D eigenvalue weighted by molar-refractivity contribution is -0.346. The Labute approximate surface area is 368 Å². The highest BCUT2D eigenvalue weighted by Gasteiger charge is 2.78. The van der Waals surface area contributed by atoms with Crippen molar-refractivity contribution in [3.63, 3.8) is 0 Å². The molecule has 336 valence electrons. The molecule has 2 aliphatic heterocycles. The van der Waals surface area contributed by atoms with Crippen LogP contribution in [0.1, 0.15) is 86.7 Å². The topological polar surface area (TPSA) is 219 Å². The van der Waals surface area contributed by atoms with Crippen LogP contribution in [0.4, 0.5) is 4.79 Å². The van der Waals surface area contributed by atoms with E-state index in [1.54, 1.807) is 80.6 Å². The number of carbonyl (C=O) groups is 7. The summed E-state index contributed by atoms with van der Waals surface area (Å²) in [6.07, 6.45) is -11.4. The normalized spacial score (nSPS) is 33.8. The van der Waals surface area contributed by atoms with Gasteiger partial charge in [0.05, 0.1) is 29.6 Å². The monoisotopic (exact) mass is 879 g/mol. The lowest BCUT2D eigenvalue weighted by Crippen LogP contribution is -2.82. The molecule has 3 aromatic rings. The molecule has 5 aliphatic rings. The highest BCUT2D eigenvalue weighted by molar-refractivity contribution is 6.05. The van der Waals surface area contributed by atoms with E-state index < -0.39 is 119 Å². The van der Waals surface area contributed by atoms with Crippen molar-refractivity contribution < 1.29 is 72.2 Å². The first-order valence-corrected chi connectivity index (χ1v) is 21.0. The summed E-state index contributed by atoms with van der Waals surface area (Å²) in [5, 5.41) is 25.9. The molecule has 2 N–H and O–H groups in total. The number of rotatable bonds is 8. The van der Waals surface area contributed by atoms with E-state index in [2.05, 4.69) is 0 Å². The third-order valence-corrected chi connectivity index (χ3v) is 14.0. The number of aliphatic hydroxyl groups excluding tert-OH is 1. The Kier molecular flexibility index (Phi) is 11.2. The molecule has 2 amide bonds. The van der Waals surface area contributed by atoms with Crippen molar-refractivity contribution in [3.8, 4) is 0 Å². The number of amides is 2. The van der Waals surface area contributed by atoms with E-state index in [0.717, 1.165) is 18.7 Å². The van der Waals surface area contributed by atoms with Gasteiger partial charge in [-0.3, -0.25) is 19.2 Å². The van der Waals surface area contributed by atoms with Crippen LogP contribution in [0, 0.1) is 16.7 Å². The highest BCUT2D eigenvalue weighted by atomic mass is 16.6. The fourth-order valence-corrected chi connectivity index (χ4v) is 10.8. The molecule has 4 unspecified atom stereocenters. The summed E-state index contributed by atoms with van der Waals surface area (Å²) in [5.41, 5.74) is -7.21. The highest BCUT2D eigenvalue weighted by Crippen LogP contribution is 2.64. The van der Waals surface area contributed by atoms with Crippen LogP contribution in [-0.2, 0) is 47.6 Å². The van der Waals surface area contributed by atoms with Crippen LogP contribution in [0.3, 0.4) is 0 Å². The molecule has 2 saturated heterocycles. The summed E-state index contributed by atoms with van der Waals surface area (Å²) >= 11 is 0. The van der Waals surface area contributed by atoms with E-state index in [4.69, 9.17) is 28.4 Å². The van der Waals surface area contributed by atoms with E-state index in [0.29, 0.717) is 5.56 Å². The molecule has 2 heterocycles. The summed E-state index contributed by atoms with van der Waals surface area (Å²) < 4.78 is 36.2. The third-order valence-electron chi connectivity index (χ3n) is 14.0. The van der Waals surface area contributed by atoms with Crippen LogP contribution in [0.5, 0.6) is 0 Å². The fraction of sp³-hybridized carbons (Fsp3) is 0.438. The number of carbonyl (C=O) groups excluding carboxylic acids is 7. The maximum atomic E-state index is 15.6. The molecule has 11 atom stereocenters. The first-order valence-electron chi connectivity index (χ1n) is 21.0. The summed E-state index contributed by atoms with van der Waals surface area (Å²) in [6.45, 7) is 7.95. The molecule has 16 nitrogen and oxygen atoms in total. The van der Waals surface area contributed by atoms with Gasteiger partial charge in [-0.05, 0) is 54.8 Å². The van der Waals surface area contributed by atoms with Crippen LogP contribution < -0.4 is 0 Å². The summed E-state index contributed by atoms with van der Waals surface area (Å²) in [7, 11) is 0. The Balaban J connectivity index is 1.29. The maximum Gasteiger partial charge on any atom is 0.418 e. The van der Waals surface area contributed by atoms with Gasteiger partial charge < -0.3 is 38.6 Å². The minimum absolute atomic E-state index is 0.00990. The number of hydrogen-bond donors (Lipinski definition) is 2. The van der Waals surface area contributed by atoms with Crippen molar-refractivity contribution in [1.82, 2.24) is 4.90 Å². The van der Waals surface area contributed by atoms with Gasteiger partial charge in [0.15, 0.2) is 17.5 Å². The molecule has 0 aromatic heterocycles. The van der Waals surface area contributed by atoms with Crippen LogP contribution in [0.2, 0.25) is 0 Å². The van der Waals surface area contributed by atoms with Gasteiger partial charge in [0.1, 0.15) is 30.0 Å². The number of ketones is 1. The smallest absolute Gasteiger partial charge is 0.418 e. The predicted octanol–water partition coefficient (Wildman–Crippen LogP) is 4.61. The van der Waals surface area contributed by atoms with Gasteiger partial charge >= 0.3 is 30.0 Å². The molecular formula is C48H49NO15. The van der Waals surface area contributed by atoms with Gasteiger partial charge in [0.25, 0.3) is 5.91 Å². The van der Waals surface area contributed by atoms with E-state index in [1.165, 1.54) is 38.1 Å². The Bertz CT molecular complexity index is 2440. The maximum absolute atomic E-state index is 15.6. The van der Waals surface area contributed by atoms with Gasteiger partial charge in [-0.15, -0.1) is 0 Å². The van der Waals surface area contributed by atoms with Gasteiger partial charge in [-0.25, -0.2) is 19.3 Å². The first kappa shape index (κ1) is 44.4. The molecule has 3 aromatic carbocycles. The van der Waals surface area contributed by atoms with Gasteiger partial charge in [-0.1, -0.05) is 80.6 Å². The van der Waals surface area contributed by atoms with Gasteiger partial charge in [-0.2, -0.15) is 0 Å². The Morgan fingerprint density at radius 2 is 1.39 bits per heavy atom. The van der Waals surface area contributed by atoms with Crippen molar-refractivity contribution in [2.45, 2.75) is 108 Å². The molecule has 2 bridgehead atoms. The predicted molar refractivity (Wildman–Crippen MR) is 221 cm³/mol. The molecule has 0 radical (unpaired) electrons. The van der Waals surface area contributed by atoms with Gasteiger partial charge in [0.2, 0.25) is 6.10 Å². The number of ether oxygens (including phenoxy) is 6. The lowest BCUT2D eigenvalue weighted by Gasteiger charge is -2.67. The average molecular weight is 880 g/mol. The summed E-state index contributed by atoms with van der Waals surface area (Å²) in [5.74, 6) is -6.94. The van der Waals surface area contributed by atoms with E-state index in [9.17, 15) is 39.0 Å². The number of imide groups is 1. The molecule has 64 heavy (non-hydrogen) atoms. The second kappa shape index (κ2) is 16.1. The number of fused-ring (bicyclic) bond motifs is 5. The van der Waals surface area contributed by atoms with Crippen LogP contribution >= 0.6 is 0 Å². The number of nitrogens with zero attached hydrogens (tertiary/aromatic N) is 1. The Morgan fingerprint density at radius 1 is 0.797 bits per heavy atom. The van der Waals surface area contributed by atoms with Crippen LogP contribution in [0.25, 0.3) is 0 Å².